The summed E-state index contributed by atoms with van der Waals surface area (Å²) in [4.78, 5) is 16.9. The van der Waals surface area contributed by atoms with Gasteiger partial charge in [-0.1, -0.05) is 50.3 Å². The number of fused-ring (bicyclic) bond motifs is 1. The summed E-state index contributed by atoms with van der Waals surface area (Å²) in [6.07, 6.45) is 6.84. The molecule has 2 aliphatic rings. The second kappa shape index (κ2) is 8.28. The van der Waals surface area contributed by atoms with Gasteiger partial charge < -0.3 is 9.84 Å². The number of ether oxygens (including phenoxy) is 1. The van der Waals surface area contributed by atoms with Crippen LogP contribution in [0.3, 0.4) is 0 Å². The molecular formula is C26H28N2O3. The van der Waals surface area contributed by atoms with Gasteiger partial charge in [0.05, 0.1) is 11.6 Å². The van der Waals surface area contributed by atoms with Gasteiger partial charge in [-0.15, -0.1) is 0 Å². The standard InChI is InChI=1S/C26H28N2O3/c1-16-13-26(30)24(18(3)31-25(26)29)22(17(16)2)10-6-8-21-12-11-20(15-28-21)23-9-5-4-7-19(23)14-27/h4-7,9-12,15-18,22,24,30H,8,13H2,1-3H3/b10-6+/t16?,17?,18?,22?,24?,26-/m0/s1. The number of allylic oxidation sites excluding steroid dienone is 2. The van der Waals surface area contributed by atoms with Crippen molar-refractivity contribution in [3.8, 4) is 17.2 Å². The quantitative estimate of drug-likeness (QED) is 0.593. The van der Waals surface area contributed by atoms with Gasteiger partial charge in [0.25, 0.3) is 0 Å². The van der Waals surface area contributed by atoms with Crippen LogP contribution in [0.15, 0.2) is 54.7 Å². The molecule has 1 N–H and O–H groups in total. The van der Waals surface area contributed by atoms with Gasteiger partial charge >= 0.3 is 5.97 Å². The minimum absolute atomic E-state index is 0.0666. The molecule has 1 aliphatic carbocycles. The fourth-order valence-electron chi connectivity index (χ4n) is 5.28. The van der Waals surface area contributed by atoms with Gasteiger partial charge in [0.2, 0.25) is 0 Å². The molecule has 2 fully saturated rings. The van der Waals surface area contributed by atoms with E-state index in [0.717, 1.165) is 16.8 Å². The van der Waals surface area contributed by atoms with Crippen LogP contribution in [0.1, 0.15) is 38.4 Å². The summed E-state index contributed by atoms with van der Waals surface area (Å²) in [6.45, 7) is 6.16. The minimum Gasteiger partial charge on any atom is -0.460 e. The van der Waals surface area contributed by atoms with E-state index in [2.05, 4.69) is 37.1 Å². The molecule has 5 unspecified atom stereocenters. The van der Waals surface area contributed by atoms with E-state index in [4.69, 9.17) is 4.74 Å². The first kappa shape index (κ1) is 21.3. The third-order valence-electron chi connectivity index (χ3n) is 7.12. The average molecular weight is 417 g/mol. The summed E-state index contributed by atoms with van der Waals surface area (Å²) in [5, 5.41) is 20.4. The van der Waals surface area contributed by atoms with Crippen molar-refractivity contribution in [2.45, 2.75) is 45.3 Å². The molecule has 2 heterocycles. The Bertz CT molecular complexity index is 1040. The van der Waals surface area contributed by atoms with Crippen LogP contribution in [0.5, 0.6) is 0 Å². The molecule has 6 atom stereocenters. The lowest BCUT2D eigenvalue weighted by Gasteiger charge is -2.44. The van der Waals surface area contributed by atoms with Crippen LogP contribution >= 0.6 is 0 Å². The summed E-state index contributed by atoms with van der Waals surface area (Å²) < 4.78 is 5.42. The topological polar surface area (TPSA) is 83.2 Å². The molecule has 31 heavy (non-hydrogen) atoms. The van der Waals surface area contributed by atoms with Crippen LogP contribution in [0, 0.1) is 35.0 Å². The zero-order valence-corrected chi connectivity index (χ0v) is 18.2. The number of nitriles is 1. The van der Waals surface area contributed by atoms with Crippen molar-refractivity contribution >= 4 is 5.97 Å². The third-order valence-corrected chi connectivity index (χ3v) is 7.12. The lowest BCUT2D eigenvalue weighted by atomic mass is 9.60. The van der Waals surface area contributed by atoms with E-state index in [9.17, 15) is 15.2 Å². The number of aromatic nitrogens is 1. The van der Waals surface area contributed by atoms with E-state index in [0.29, 0.717) is 24.3 Å². The second-order valence-electron chi connectivity index (χ2n) is 9.01. The first-order chi connectivity index (χ1) is 14.8. The van der Waals surface area contributed by atoms with Crippen molar-refractivity contribution in [1.82, 2.24) is 4.98 Å². The Balaban J connectivity index is 1.50. The van der Waals surface area contributed by atoms with E-state index in [1.165, 1.54) is 0 Å². The van der Waals surface area contributed by atoms with Crippen LogP contribution in [0.2, 0.25) is 0 Å². The molecule has 0 bridgehead atoms. The lowest BCUT2D eigenvalue weighted by molar-refractivity contribution is -0.160. The maximum Gasteiger partial charge on any atom is 0.338 e. The summed E-state index contributed by atoms with van der Waals surface area (Å²) in [6, 6.07) is 13.7. The number of carbonyl (C=O) groups is 1. The number of nitrogens with zero attached hydrogens (tertiary/aromatic N) is 2. The van der Waals surface area contributed by atoms with Crippen LogP contribution in [-0.4, -0.2) is 27.8 Å². The maximum absolute atomic E-state index is 12.3. The van der Waals surface area contributed by atoms with Crippen molar-refractivity contribution in [2.75, 3.05) is 0 Å². The Labute approximate surface area is 183 Å². The summed E-state index contributed by atoms with van der Waals surface area (Å²) in [5.41, 5.74) is 1.97. The SMILES string of the molecule is CC1C[C@@]2(O)C(=O)OC(C)C2C(/C=C/Cc2ccc(-c3ccccc3C#N)cn2)C1C. The number of cyclic esters (lactones) is 1. The Morgan fingerprint density at radius 2 is 2.03 bits per heavy atom. The largest absolute Gasteiger partial charge is 0.460 e. The highest BCUT2D eigenvalue weighted by Crippen LogP contribution is 2.51. The summed E-state index contributed by atoms with van der Waals surface area (Å²) in [5.74, 6) is -0.0584. The van der Waals surface area contributed by atoms with E-state index in [1.54, 1.807) is 12.3 Å². The van der Waals surface area contributed by atoms with Crippen LogP contribution in [0.25, 0.3) is 11.1 Å². The van der Waals surface area contributed by atoms with Gasteiger partial charge in [0.1, 0.15) is 6.10 Å². The second-order valence-corrected chi connectivity index (χ2v) is 9.01. The number of carbonyl (C=O) groups excluding carboxylic acids is 1. The van der Waals surface area contributed by atoms with Gasteiger partial charge in [0, 0.05) is 35.4 Å². The third kappa shape index (κ3) is 3.77. The summed E-state index contributed by atoms with van der Waals surface area (Å²) in [7, 11) is 0. The van der Waals surface area contributed by atoms with Gasteiger partial charge in [-0.2, -0.15) is 5.26 Å². The highest BCUT2D eigenvalue weighted by atomic mass is 16.6. The Morgan fingerprint density at radius 3 is 2.74 bits per heavy atom. The molecule has 2 aromatic rings. The first-order valence-corrected chi connectivity index (χ1v) is 10.9. The Hall–Kier alpha value is -2.97. The molecule has 5 heteroatoms. The average Bonchev–Trinajstić information content (AvgIpc) is 2.99. The van der Waals surface area contributed by atoms with Crippen molar-refractivity contribution in [3.05, 3.63) is 66.0 Å². The first-order valence-electron chi connectivity index (χ1n) is 10.9. The highest BCUT2D eigenvalue weighted by molar-refractivity contribution is 5.82. The van der Waals surface area contributed by atoms with Crippen molar-refractivity contribution < 1.29 is 14.6 Å². The minimum atomic E-state index is -1.38. The molecule has 1 aliphatic heterocycles. The summed E-state index contributed by atoms with van der Waals surface area (Å²) >= 11 is 0. The van der Waals surface area contributed by atoms with Gasteiger partial charge in [-0.25, -0.2) is 4.79 Å². The molecular weight excluding hydrogens is 388 g/mol. The molecule has 1 aromatic carbocycles. The molecule has 0 amide bonds. The molecule has 160 valence electrons. The van der Waals surface area contributed by atoms with Crippen molar-refractivity contribution in [2.24, 2.45) is 23.7 Å². The van der Waals surface area contributed by atoms with Gasteiger partial charge in [-0.3, -0.25) is 4.98 Å². The maximum atomic E-state index is 12.3. The number of aliphatic hydroxyl groups is 1. The number of pyridine rings is 1. The van der Waals surface area contributed by atoms with E-state index in [1.807, 2.05) is 37.3 Å². The van der Waals surface area contributed by atoms with Crippen LogP contribution in [0.4, 0.5) is 0 Å². The molecule has 1 saturated heterocycles. The predicted octanol–water partition coefficient (Wildman–Crippen LogP) is 4.30. The molecule has 0 radical (unpaired) electrons. The van der Waals surface area contributed by atoms with Gasteiger partial charge in [-0.05, 0) is 43.2 Å². The molecule has 4 rings (SSSR count). The predicted molar refractivity (Wildman–Crippen MR) is 118 cm³/mol. The fourth-order valence-corrected chi connectivity index (χ4v) is 5.28. The van der Waals surface area contributed by atoms with Crippen LogP contribution in [-0.2, 0) is 16.0 Å². The molecule has 1 aromatic heterocycles. The number of rotatable bonds is 4. The zero-order valence-electron chi connectivity index (χ0n) is 18.2. The highest BCUT2D eigenvalue weighted by Gasteiger charge is 2.61. The zero-order chi connectivity index (χ0) is 22.2. The Kier molecular flexibility index (Phi) is 5.68. The number of hydrogen-bond donors (Lipinski definition) is 1. The number of benzene rings is 1. The molecule has 0 spiro atoms. The molecule has 1 saturated carbocycles. The fraction of sp³-hybridized carbons (Fsp3) is 0.423. The van der Waals surface area contributed by atoms with E-state index in [-0.39, 0.29) is 23.9 Å². The monoisotopic (exact) mass is 416 g/mol. The van der Waals surface area contributed by atoms with Gasteiger partial charge in [0.15, 0.2) is 5.60 Å². The van der Waals surface area contributed by atoms with Crippen LogP contribution < -0.4 is 0 Å². The number of hydrogen-bond acceptors (Lipinski definition) is 5. The lowest BCUT2D eigenvalue weighted by Crippen LogP contribution is -2.52. The number of esters is 1. The smallest absolute Gasteiger partial charge is 0.338 e. The normalized spacial score (nSPS) is 32.5. The Morgan fingerprint density at radius 1 is 1.26 bits per heavy atom. The molecule has 5 nitrogen and oxygen atoms in total. The van der Waals surface area contributed by atoms with Crippen molar-refractivity contribution in [3.63, 3.8) is 0 Å². The van der Waals surface area contributed by atoms with E-state index < -0.39 is 11.6 Å². The van der Waals surface area contributed by atoms with E-state index >= 15 is 0 Å². The van der Waals surface area contributed by atoms with Crippen molar-refractivity contribution in [1.29, 1.82) is 5.26 Å².